The quantitative estimate of drug-likeness (QED) is 0.829. The number of rotatable bonds is 3. The summed E-state index contributed by atoms with van der Waals surface area (Å²) in [6, 6.07) is 1.14. The monoisotopic (exact) mass is 279 g/mol. The average molecular weight is 279 g/mol. The third-order valence-corrected chi connectivity index (χ3v) is 4.97. The van der Waals surface area contributed by atoms with Gasteiger partial charge in [-0.15, -0.1) is 0 Å². The Hall–Kier alpha value is -1.10. The molecule has 1 N–H and O–H groups in total. The number of amides is 2. The molecule has 1 aliphatic carbocycles. The summed E-state index contributed by atoms with van der Waals surface area (Å²) < 4.78 is 0. The SMILES string of the molecule is CC(=O)N1CC(NC2CC(=O)N(C3CCCCC3)C2)C1. The van der Waals surface area contributed by atoms with Crippen molar-refractivity contribution in [1.82, 2.24) is 15.1 Å². The average Bonchev–Trinajstić information content (AvgIpc) is 2.75. The van der Waals surface area contributed by atoms with Crippen molar-refractivity contribution in [3.8, 4) is 0 Å². The highest BCUT2D eigenvalue weighted by Gasteiger charge is 2.37. The van der Waals surface area contributed by atoms with Gasteiger partial charge in [0.1, 0.15) is 0 Å². The van der Waals surface area contributed by atoms with E-state index >= 15 is 0 Å². The number of hydrogen-bond donors (Lipinski definition) is 1. The van der Waals surface area contributed by atoms with E-state index in [1.807, 2.05) is 4.90 Å². The normalized spacial score (nSPS) is 28.9. The van der Waals surface area contributed by atoms with E-state index in [0.29, 0.717) is 24.4 Å². The van der Waals surface area contributed by atoms with Crippen LogP contribution in [0.3, 0.4) is 0 Å². The standard InChI is InChI=1S/C15H25N3O2/c1-11(19)17-8-13(9-17)16-12-7-15(20)18(10-12)14-5-3-2-4-6-14/h12-14,16H,2-10H2,1H3. The Morgan fingerprint density at radius 3 is 2.45 bits per heavy atom. The number of likely N-dealkylation sites (tertiary alicyclic amines) is 2. The minimum atomic E-state index is 0.148. The summed E-state index contributed by atoms with van der Waals surface area (Å²) in [4.78, 5) is 27.3. The molecule has 5 heteroatoms. The van der Waals surface area contributed by atoms with Gasteiger partial charge in [0.05, 0.1) is 0 Å². The maximum atomic E-state index is 12.2. The predicted molar refractivity (Wildman–Crippen MR) is 76.2 cm³/mol. The maximum absolute atomic E-state index is 12.2. The molecule has 5 nitrogen and oxygen atoms in total. The first kappa shape index (κ1) is 13.9. The van der Waals surface area contributed by atoms with E-state index in [2.05, 4.69) is 10.2 Å². The van der Waals surface area contributed by atoms with Crippen LogP contribution in [-0.4, -0.2) is 59.4 Å². The Morgan fingerprint density at radius 2 is 1.80 bits per heavy atom. The van der Waals surface area contributed by atoms with E-state index in [1.54, 1.807) is 6.92 Å². The van der Waals surface area contributed by atoms with Gasteiger partial charge in [0.15, 0.2) is 0 Å². The molecule has 0 aromatic carbocycles. The largest absolute Gasteiger partial charge is 0.340 e. The second kappa shape index (κ2) is 5.72. The molecule has 0 aromatic heterocycles. The molecule has 1 saturated carbocycles. The van der Waals surface area contributed by atoms with Gasteiger partial charge < -0.3 is 15.1 Å². The zero-order chi connectivity index (χ0) is 14.1. The summed E-state index contributed by atoms with van der Waals surface area (Å²) in [6.45, 7) is 4.06. The van der Waals surface area contributed by atoms with Crippen molar-refractivity contribution in [3.63, 3.8) is 0 Å². The molecule has 2 saturated heterocycles. The number of nitrogens with zero attached hydrogens (tertiary/aromatic N) is 2. The van der Waals surface area contributed by atoms with Gasteiger partial charge in [0.2, 0.25) is 11.8 Å². The summed E-state index contributed by atoms with van der Waals surface area (Å²) in [7, 11) is 0. The van der Waals surface area contributed by atoms with Crippen molar-refractivity contribution in [1.29, 1.82) is 0 Å². The summed E-state index contributed by atoms with van der Waals surface area (Å²) in [5, 5.41) is 3.54. The van der Waals surface area contributed by atoms with Crippen LogP contribution >= 0.6 is 0 Å². The lowest BCUT2D eigenvalue weighted by Gasteiger charge is -2.40. The molecule has 2 heterocycles. The fourth-order valence-corrected chi connectivity index (χ4v) is 3.76. The summed E-state index contributed by atoms with van der Waals surface area (Å²) in [5.41, 5.74) is 0. The van der Waals surface area contributed by atoms with Crippen LogP contribution in [0.4, 0.5) is 0 Å². The van der Waals surface area contributed by atoms with E-state index in [1.165, 1.54) is 32.1 Å². The van der Waals surface area contributed by atoms with Gasteiger partial charge in [-0.1, -0.05) is 19.3 Å². The van der Waals surface area contributed by atoms with Crippen molar-refractivity contribution in [3.05, 3.63) is 0 Å². The molecular weight excluding hydrogens is 254 g/mol. The molecule has 1 atom stereocenters. The van der Waals surface area contributed by atoms with Crippen LogP contribution in [0.1, 0.15) is 45.4 Å². The molecule has 3 aliphatic rings. The highest BCUT2D eigenvalue weighted by Crippen LogP contribution is 2.26. The lowest BCUT2D eigenvalue weighted by Crippen LogP contribution is -2.61. The lowest BCUT2D eigenvalue weighted by molar-refractivity contribution is -0.134. The van der Waals surface area contributed by atoms with Gasteiger partial charge in [0, 0.05) is 51.1 Å². The van der Waals surface area contributed by atoms with Crippen LogP contribution < -0.4 is 5.32 Å². The molecule has 0 radical (unpaired) electrons. The Labute approximate surface area is 120 Å². The van der Waals surface area contributed by atoms with Crippen LogP contribution in [0.2, 0.25) is 0 Å². The highest BCUT2D eigenvalue weighted by molar-refractivity contribution is 5.79. The highest BCUT2D eigenvalue weighted by atomic mass is 16.2. The van der Waals surface area contributed by atoms with E-state index in [-0.39, 0.29) is 11.9 Å². The van der Waals surface area contributed by atoms with Crippen LogP contribution in [0, 0.1) is 0 Å². The topological polar surface area (TPSA) is 52.7 Å². The Kier molecular flexibility index (Phi) is 3.96. The summed E-state index contributed by atoms with van der Waals surface area (Å²) in [5.74, 6) is 0.464. The lowest BCUT2D eigenvalue weighted by atomic mass is 9.94. The van der Waals surface area contributed by atoms with Crippen LogP contribution in [0.5, 0.6) is 0 Å². The second-order valence-corrected chi connectivity index (χ2v) is 6.53. The molecule has 112 valence electrons. The Morgan fingerprint density at radius 1 is 1.10 bits per heavy atom. The zero-order valence-electron chi connectivity index (χ0n) is 12.3. The number of nitrogens with one attached hydrogen (secondary N) is 1. The first-order valence-electron chi connectivity index (χ1n) is 7.94. The minimum Gasteiger partial charge on any atom is -0.340 e. The summed E-state index contributed by atoms with van der Waals surface area (Å²) >= 11 is 0. The van der Waals surface area contributed by atoms with Gasteiger partial charge in [-0.3, -0.25) is 9.59 Å². The first-order valence-corrected chi connectivity index (χ1v) is 7.94. The van der Waals surface area contributed by atoms with Crippen molar-refractivity contribution in [2.75, 3.05) is 19.6 Å². The van der Waals surface area contributed by atoms with Crippen molar-refractivity contribution >= 4 is 11.8 Å². The van der Waals surface area contributed by atoms with Gasteiger partial charge in [-0.2, -0.15) is 0 Å². The van der Waals surface area contributed by atoms with Crippen LogP contribution in [-0.2, 0) is 9.59 Å². The van der Waals surface area contributed by atoms with E-state index in [0.717, 1.165) is 19.6 Å². The van der Waals surface area contributed by atoms with Crippen molar-refractivity contribution < 1.29 is 9.59 Å². The van der Waals surface area contributed by atoms with Crippen molar-refractivity contribution in [2.24, 2.45) is 0 Å². The molecule has 1 unspecified atom stereocenters. The van der Waals surface area contributed by atoms with Gasteiger partial charge in [-0.25, -0.2) is 0 Å². The van der Waals surface area contributed by atoms with Crippen LogP contribution in [0.15, 0.2) is 0 Å². The Balaban J connectivity index is 1.46. The molecule has 2 aliphatic heterocycles. The fraction of sp³-hybridized carbons (Fsp3) is 0.867. The van der Waals surface area contributed by atoms with Gasteiger partial charge in [-0.05, 0) is 12.8 Å². The van der Waals surface area contributed by atoms with E-state index in [4.69, 9.17) is 0 Å². The van der Waals surface area contributed by atoms with Crippen molar-refractivity contribution in [2.45, 2.75) is 63.6 Å². The smallest absolute Gasteiger partial charge is 0.224 e. The number of carbonyl (C=O) groups excluding carboxylic acids is 2. The maximum Gasteiger partial charge on any atom is 0.224 e. The number of hydrogen-bond acceptors (Lipinski definition) is 3. The molecule has 2 amide bonds. The summed E-state index contributed by atoms with van der Waals surface area (Å²) in [6.07, 6.45) is 6.85. The Bertz CT molecular complexity index is 387. The molecular formula is C15H25N3O2. The molecule has 3 fully saturated rings. The first-order chi connectivity index (χ1) is 9.63. The minimum absolute atomic E-state index is 0.148. The molecule has 3 rings (SSSR count). The van der Waals surface area contributed by atoms with Crippen LogP contribution in [0.25, 0.3) is 0 Å². The molecule has 0 spiro atoms. The molecule has 0 aromatic rings. The third-order valence-electron chi connectivity index (χ3n) is 4.97. The molecule has 0 bridgehead atoms. The zero-order valence-corrected chi connectivity index (χ0v) is 12.3. The van der Waals surface area contributed by atoms with E-state index < -0.39 is 0 Å². The van der Waals surface area contributed by atoms with Gasteiger partial charge in [0.25, 0.3) is 0 Å². The van der Waals surface area contributed by atoms with Gasteiger partial charge >= 0.3 is 0 Å². The third kappa shape index (κ3) is 2.82. The second-order valence-electron chi connectivity index (χ2n) is 6.53. The fourth-order valence-electron chi connectivity index (χ4n) is 3.76. The molecule has 20 heavy (non-hydrogen) atoms. The number of carbonyl (C=O) groups is 2. The predicted octanol–water partition coefficient (Wildman–Crippen LogP) is 0.740. The van der Waals surface area contributed by atoms with E-state index in [9.17, 15) is 9.59 Å².